The van der Waals surface area contributed by atoms with Gasteiger partial charge in [-0.1, -0.05) is 48.5 Å². The fraction of sp³-hybridized carbons (Fsp3) is 0.364. The van der Waals surface area contributed by atoms with Crippen molar-refractivity contribution in [2.24, 2.45) is 0 Å². The number of pyridine rings is 1. The van der Waals surface area contributed by atoms with Crippen molar-refractivity contribution >= 4 is 56.9 Å². The Balaban J connectivity index is 1.48. The normalized spacial score (nSPS) is 18.8. The molecule has 0 unspecified atom stereocenters. The first kappa shape index (κ1) is 31.0. The van der Waals surface area contributed by atoms with Crippen LogP contribution in [0.25, 0.3) is 32.9 Å². The average Bonchev–Trinajstić information content (AvgIpc) is 3.46. The van der Waals surface area contributed by atoms with E-state index in [2.05, 4.69) is 24.6 Å². The highest BCUT2D eigenvalue weighted by Crippen LogP contribution is 2.42. The van der Waals surface area contributed by atoms with E-state index in [1.165, 1.54) is 4.90 Å². The number of benzene rings is 2. The van der Waals surface area contributed by atoms with Gasteiger partial charge in [-0.2, -0.15) is 15.2 Å². The molecule has 0 aliphatic carbocycles. The number of piperazine rings is 1. The molecule has 1 amide bonds. The van der Waals surface area contributed by atoms with Crippen LogP contribution < -0.4 is 9.64 Å². The number of rotatable bonds is 8. The molecule has 12 heteroatoms. The van der Waals surface area contributed by atoms with Crippen molar-refractivity contribution in [2.45, 2.75) is 36.2 Å². The summed E-state index contributed by atoms with van der Waals surface area (Å²) in [5.74, 6) is -1.30. The van der Waals surface area contributed by atoms with E-state index in [1.54, 1.807) is 11.8 Å². The Labute approximate surface area is 270 Å². The number of fused-ring (bicyclic) bond motifs is 2. The zero-order chi connectivity index (χ0) is 31.7. The van der Waals surface area contributed by atoms with Crippen LogP contribution in [0, 0.1) is 11.3 Å². The number of nitriles is 1. The smallest absolute Gasteiger partial charge is 0.319 e. The Hall–Kier alpha value is -3.98. The summed E-state index contributed by atoms with van der Waals surface area (Å²) < 4.78 is 20.1. The molecule has 4 aromatic rings. The number of likely N-dealkylation sites (tertiary alicyclic amines) is 1. The Morgan fingerprint density at radius 1 is 1.16 bits per heavy atom. The summed E-state index contributed by atoms with van der Waals surface area (Å²) in [5.41, 5.74) is 3.04. The van der Waals surface area contributed by atoms with Crippen LogP contribution in [0.15, 0.2) is 59.9 Å². The van der Waals surface area contributed by atoms with Crippen LogP contribution in [0.4, 0.5) is 10.2 Å². The number of halogens is 2. The Morgan fingerprint density at radius 3 is 2.67 bits per heavy atom. The topological polar surface area (TPSA) is 98.5 Å². The summed E-state index contributed by atoms with van der Waals surface area (Å²) in [4.78, 5) is 33.8. The van der Waals surface area contributed by atoms with E-state index in [9.17, 15) is 14.4 Å². The number of thioether (sulfide) groups is 1. The molecule has 0 bridgehead atoms. The third-order valence-corrected chi connectivity index (χ3v) is 9.79. The maximum Gasteiger partial charge on any atom is 0.319 e. The molecule has 2 saturated heterocycles. The number of hydrogen-bond acceptors (Lipinski definition) is 9. The van der Waals surface area contributed by atoms with Crippen LogP contribution in [0.2, 0.25) is 5.02 Å². The lowest BCUT2D eigenvalue weighted by molar-refractivity contribution is -0.131. The molecule has 232 valence electrons. The highest BCUT2D eigenvalue weighted by Gasteiger charge is 2.34. The van der Waals surface area contributed by atoms with E-state index in [4.69, 9.17) is 31.3 Å². The average molecular weight is 646 g/mol. The molecule has 9 nitrogen and oxygen atoms in total. The van der Waals surface area contributed by atoms with Gasteiger partial charge in [0.25, 0.3) is 5.91 Å². The van der Waals surface area contributed by atoms with Gasteiger partial charge in [-0.15, -0.1) is 11.8 Å². The maximum atomic E-state index is 13.9. The highest BCUT2D eigenvalue weighted by atomic mass is 35.5. The molecule has 45 heavy (non-hydrogen) atoms. The Bertz CT molecular complexity index is 1830. The summed E-state index contributed by atoms with van der Waals surface area (Å²) in [6.07, 6.45) is 6.00. The molecule has 2 aliphatic heterocycles. The fourth-order valence-electron chi connectivity index (χ4n) is 6.33. The lowest BCUT2D eigenvalue weighted by Crippen LogP contribution is -2.55. The molecular formula is C33H33ClFN7O2S. The van der Waals surface area contributed by atoms with Crippen LogP contribution in [0.1, 0.15) is 19.3 Å². The molecule has 0 saturated carbocycles. The van der Waals surface area contributed by atoms with Crippen LogP contribution in [0.5, 0.6) is 6.01 Å². The van der Waals surface area contributed by atoms with Gasteiger partial charge in [0.1, 0.15) is 17.6 Å². The fourth-order valence-corrected chi connectivity index (χ4v) is 7.33. The number of hydrogen-bond donors (Lipinski definition) is 0. The van der Waals surface area contributed by atoms with Gasteiger partial charge in [0, 0.05) is 52.7 Å². The zero-order valence-electron chi connectivity index (χ0n) is 25.2. The Morgan fingerprint density at radius 2 is 1.96 bits per heavy atom. The number of nitrogens with zero attached hydrogens (tertiary/aromatic N) is 7. The van der Waals surface area contributed by atoms with Gasteiger partial charge >= 0.3 is 6.01 Å². The number of aromatic nitrogens is 3. The minimum Gasteiger partial charge on any atom is -0.462 e. The molecule has 0 N–H and O–H groups in total. The number of amides is 1. The van der Waals surface area contributed by atoms with Gasteiger partial charge in [-0.05, 0) is 49.7 Å². The molecule has 0 spiro atoms. The van der Waals surface area contributed by atoms with E-state index in [0.29, 0.717) is 35.0 Å². The second-order valence-electron chi connectivity index (χ2n) is 11.3. The van der Waals surface area contributed by atoms with Crippen molar-refractivity contribution in [3.05, 3.63) is 60.0 Å². The van der Waals surface area contributed by atoms with Gasteiger partial charge in [0.15, 0.2) is 11.6 Å². The summed E-state index contributed by atoms with van der Waals surface area (Å²) >= 11 is 8.28. The van der Waals surface area contributed by atoms with E-state index in [-0.39, 0.29) is 31.6 Å². The second kappa shape index (κ2) is 13.2. The van der Waals surface area contributed by atoms with E-state index in [1.807, 2.05) is 53.8 Å². The largest absolute Gasteiger partial charge is 0.462 e. The van der Waals surface area contributed by atoms with Crippen molar-refractivity contribution in [3.8, 4) is 23.2 Å². The van der Waals surface area contributed by atoms with Crippen molar-refractivity contribution in [1.29, 1.82) is 5.26 Å². The summed E-state index contributed by atoms with van der Waals surface area (Å²) in [7, 11) is 2.09. The summed E-state index contributed by atoms with van der Waals surface area (Å²) in [6.45, 7) is 5.46. The minimum atomic E-state index is -1.04. The van der Waals surface area contributed by atoms with Crippen molar-refractivity contribution in [2.75, 3.05) is 51.0 Å². The third-order valence-electron chi connectivity index (χ3n) is 8.65. The third kappa shape index (κ3) is 6.02. The molecule has 2 aromatic heterocycles. The SMILES string of the molecule is C=C(F)C(=O)N1CCN(c2nc(OC[C@@H]3CCCN3C)nc3c(SC)c(-c4cccc5cccc(Cl)c45)cnc23)C[C@@H]1CC#N. The van der Waals surface area contributed by atoms with E-state index >= 15 is 0 Å². The molecule has 6 rings (SSSR count). The quantitative estimate of drug-likeness (QED) is 0.166. The van der Waals surface area contributed by atoms with Crippen LogP contribution >= 0.6 is 23.4 Å². The van der Waals surface area contributed by atoms with Crippen molar-refractivity contribution < 1.29 is 13.9 Å². The van der Waals surface area contributed by atoms with Gasteiger partial charge < -0.3 is 19.4 Å². The second-order valence-corrected chi connectivity index (χ2v) is 12.6. The zero-order valence-corrected chi connectivity index (χ0v) is 26.7. The molecule has 2 fully saturated rings. The van der Waals surface area contributed by atoms with Gasteiger partial charge in [-0.3, -0.25) is 4.79 Å². The number of likely N-dealkylation sites (N-methyl/N-ethyl adjacent to an activating group) is 1. The van der Waals surface area contributed by atoms with Gasteiger partial charge in [0.05, 0.1) is 18.5 Å². The van der Waals surface area contributed by atoms with Gasteiger partial charge in [0.2, 0.25) is 0 Å². The lowest BCUT2D eigenvalue weighted by atomic mass is 9.99. The van der Waals surface area contributed by atoms with Crippen LogP contribution in [0.3, 0.4) is 0 Å². The van der Waals surface area contributed by atoms with E-state index in [0.717, 1.165) is 46.2 Å². The summed E-state index contributed by atoms with van der Waals surface area (Å²) in [6, 6.07) is 14.0. The molecule has 2 aliphatic rings. The van der Waals surface area contributed by atoms with Crippen LogP contribution in [-0.4, -0.2) is 88.8 Å². The van der Waals surface area contributed by atoms with Crippen molar-refractivity contribution in [3.63, 3.8) is 0 Å². The van der Waals surface area contributed by atoms with Gasteiger partial charge in [-0.25, -0.2) is 9.37 Å². The molecular weight excluding hydrogens is 613 g/mol. The number of carbonyl (C=O) groups excluding carboxylic acids is 1. The predicted molar refractivity (Wildman–Crippen MR) is 176 cm³/mol. The predicted octanol–water partition coefficient (Wildman–Crippen LogP) is 6.11. The first-order valence-electron chi connectivity index (χ1n) is 14.8. The molecule has 2 atom stereocenters. The molecule has 4 heterocycles. The number of anilines is 1. The van der Waals surface area contributed by atoms with E-state index < -0.39 is 17.8 Å². The first-order chi connectivity index (χ1) is 21.8. The monoisotopic (exact) mass is 645 g/mol. The number of ether oxygens (including phenoxy) is 1. The lowest BCUT2D eigenvalue weighted by Gasteiger charge is -2.41. The number of carbonyl (C=O) groups is 1. The first-order valence-corrected chi connectivity index (χ1v) is 16.4. The highest BCUT2D eigenvalue weighted by molar-refractivity contribution is 7.99. The maximum absolute atomic E-state index is 13.9. The standard InChI is InChI=1S/C33H33ClFN7O2S/c1-20(35)32(43)42-16-15-41(18-22(42)12-13-36)31-29-28(38-33(39-31)44-19-23-9-6-14-40(23)2)30(45-3)25(17-37-29)24-10-4-7-21-8-5-11-26(34)27(21)24/h4-5,7-8,10-11,17,22-23H,1,6,9,12,14-16,18-19H2,2-3H3/t22-,23-/m0/s1. The Kier molecular flexibility index (Phi) is 9.08. The molecule has 2 aromatic carbocycles. The minimum absolute atomic E-state index is 0.0331. The summed E-state index contributed by atoms with van der Waals surface area (Å²) in [5, 5.41) is 12.1. The van der Waals surface area contributed by atoms with Crippen LogP contribution in [-0.2, 0) is 4.79 Å². The van der Waals surface area contributed by atoms with Crippen molar-refractivity contribution in [1.82, 2.24) is 24.8 Å². The molecule has 0 radical (unpaired) electrons.